The van der Waals surface area contributed by atoms with E-state index < -0.39 is 30.3 Å². The molecule has 0 aliphatic heterocycles. The highest BCUT2D eigenvalue weighted by atomic mass is 16.4. The van der Waals surface area contributed by atoms with Crippen LogP contribution < -0.4 is 15.9 Å². The highest BCUT2D eigenvalue weighted by molar-refractivity contribution is 5.96. The molecule has 0 saturated heterocycles. The minimum atomic E-state index is -1.52. The molecule has 1 aromatic carbocycles. The number of carboxylic acids is 2. The van der Waals surface area contributed by atoms with E-state index in [1.54, 1.807) is 0 Å². The fraction of sp³-hybridized carbons (Fsp3) is 0.308. The van der Waals surface area contributed by atoms with Gasteiger partial charge < -0.3 is 30.4 Å². The minimum absolute atomic E-state index is 0.251. The molecule has 20 heavy (non-hydrogen) atoms. The number of anilines is 1. The number of nitrogens with zero attached hydrogens (tertiary/aromatic N) is 1. The van der Waals surface area contributed by atoms with E-state index in [2.05, 4.69) is 0 Å². The fourth-order valence-corrected chi connectivity index (χ4v) is 1.70. The summed E-state index contributed by atoms with van der Waals surface area (Å²) in [5, 5.41) is 21.4. The Kier molecular flexibility index (Phi) is 5.08. The molecule has 0 radical (unpaired) electrons. The molecule has 0 spiro atoms. The Morgan fingerprint density at radius 1 is 1.20 bits per heavy atom. The minimum Gasteiger partial charge on any atom is -0.550 e. The highest BCUT2D eigenvalue weighted by Crippen LogP contribution is 2.12. The van der Waals surface area contributed by atoms with E-state index in [1.165, 1.54) is 31.3 Å². The summed E-state index contributed by atoms with van der Waals surface area (Å²) in [7, 11) is 1.27. The Balaban J connectivity index is 2.85. The van der Waals surface area contributed by atoms with Crippen molar-refractivity contribution in [1.82, 2.24) is 4.90 Å². The second kappa shape index (κ2) is 6.55. The molecule has 0 aliphatic rings. The maximum atomic E-state index is 12.1. The van der Waals surface area contributed by atoms with Crippen molar-refractivity contribution in [2.24, 2.45) is 0 Å². The van der Waals surface area contributed by atoms with Crippen molar-refractivity contribution in [3.8, 4) is 0 Å². The van der Waals surface area contributed by atoms with Crippen LogP contribution in [0.1, 0.15) is 23.2 Å². The lowest BCUT2D eigenvalue weighted by atomic mass is 10.1. The zero-order chi connectivity index (χ0) is 15.3. The molecule has 0 bridgehead atoms. The maximum absolute atomic E-state index is 12.1. The number of likely N-dealkylation sites (N-methyl/N-ethyl adjacent to an activating group) is 1. The number of rotatable bonds is 6. The van der Waals surface area contributed by atoms with Crippen LogP contribution in [0.15, 0.2) is 24.3 Å². The average Bonchev–Trinajstić information content (AvgIpc) is 2.38. The van der Waals surface area contributed by atoms with Gasteiger partial charge in [-0.3, -0.25) is 4.79 Å². The number of amides is 1. The lowest BCUT2D eigenvalue weighted by Crippen LogP contribution is -2.49. The van der Waals surface area contributed by atoms with Gasteiger partial charge in [0.15, 0.2) is 0 Å². The van der Waals surface area contributed by atoms with Crippen LogP contribution >= 0.6 is 0 Å². The first-order chi connectivity index (χ1) is 9.32. The molecule has 7 heteroatoms. The summed E-state index contributed by atoms with van der Waals surface area (Å²) < 4.78 is 0. The molecular weight excluding hydrogens is 264 g/mol. The Labute approximate surface area is 115 Å². The summed E-state index contributed by atoms with van der Waals surface area (Å²) in [5.74, 6) is -3.46. The maximum Gasteiger partial charge on any atom is 0.254 e. The number of aliphatic carboxylic acids is 2. The van der Waals surface area contributed by atoms with E-state index in [9.17, 15) is 24.6 Å². The summed E-state index contributed by atoms with van der Waals surface area (Å²) in [6.07, 6.45) is -0.750. The first-order valence-electron chi connectivity index (χ1n) is 5.86. The molecule has 0 heterocycles. The summed E-state index contributed by atoms with van der Waals surface area (Å²) in [4.78, 5) is 34.4. The van der Waals surface area contributed by atoms with Crippen molar-refractivity contribution in [3.63, 3.8) is 0 Å². The van der Waals surface area contributed by atoms with Gasteiger partial charge in [-0.05, 0) is 37.1 Å². The summed E-state index contributed by atoms with van der Waals surface area (Å²) in [5.41, 5.74) is 6.21. The van der Waals surface area contributed by atoms with Gasteiger partial charge in [0.05, 0.1) is 12.0 Å². The molecule has 0 saturated carbocycles. The first kappa shape index (κ1) is 15.5. The molecule has 0 aliphatic carbocycles. The van der Waals surface area contributed by atoms with Crippen LogP contribution in [0, 0.1) is 0 Å². The number of hydrogen-bond acceptors (Lipinski definition) is 6. The number of nitrogen functional groups attached to an aromatic ring is 1. The molecule has 0 fully saturated rings. The second-order valence-electron chi connectivity index (χ2n) is 4.28. The quantitative estimate of drug-likeness (QED) is 0.599. The number of nitrogens with two attached hydrogens (primary N) is 1. The summed E-state index contributed by atoms with van der Waals surface area (Å²) >= 11 is 0. The monoisotopic (exact) mass is 278 g/mol. The SMILES string of the molecule is CN(C(=O)c1ccc(N)cc1)C(CCC(=O)[O-])C(=O)[O-]. The Hall–Kier alpha value is -2.57. The van der Waals surface area contributed by atoms with Gasteiger partial charge in [0, 0.05) is 24.3 Å². The topological polar surface area (TPSA) is 127 Å². The van der Waals surface area contributed by atoms with Crippen molar-refractivity contribution in [1.29, 1.82) is 0 Å². The predicted octanol–water partition coefficient (Wildman–Crippen LogP) is -2.01. The highest BCUT2D eigenvalue weighted by Gasteiger charge is 2.22. The smallest absolute Gasteiger partial charge is 0.254 e. The number of carbonyl (C=O) groups excluding carboxylic acids is 3. The van der Waals surface area contributed by atoms with E-state index in [1.807, 2.05) is 0 Å². The van der Waals surface area contributed by atoms with Crippen molar-refractivity contribution >= 4 is 23.5 Å². The van der Waals surface area contributed by atoms with Gasteiger partial charge in [0.1, 0.15) is 0 Å². The predicted molar refractivity (Wildman–Crippen MR) is 66.0 cm³/mol. The van der Waals surface area contributed by atoms with E-state index in [0.29, 0.717) is 5.69 Å². The van der Waals surface area contributed by atoms with Crippen molar-refractivity contribution in [2.75, 3.05) is 12.8 Å². The third-order valence-electron chi connectivity index (χ3n) is 2.84. The van der Waals surface area contributed by atoms with Crippen LogP contribution in [-0.4, -0.2) is 35.8 Å². The number of carbonyl (C=O) groups is 3. The standard InChI is InChI=1S/C13H16N2O5/c1-15(10(13(19)20)6-7-11(16)17)12(18)8-2-4-9(14)5-3-8/h2-5,10H,6-7,14H2,1H3,(H,16,17)(H,19,20)/p-2. The molecule has 1 rings (SSSR count). The second-order valence-corrected chi connectivity index (χ2v) is 4.28. The third-order valence-corrected chi connectivity index (χ3v) is 2.84. The van der Waals surface area contributed by atoms with Crippen molar-refractivity contribution < 1.29 is 24.6 Å². The van der Waals surface area contributed by atoms with E-state index in [4.69, 9.17) is 5.73 Å². The van der Waals surface area contributed by atoms with Gasteiger partial charge in [-0.2, -0.15) is 0 Å². The van der Waals surface area contributed by atoms with Crippen LogP contribution in [-0.2, 0) is 9.59 Å². The third kappa shape index (κ3) is 3.98. The first-order valence-corrected chi connectivity index (χ1v) is 5.86. The van der Waals surface area contributed by atoms with Gasteiger partial charge in [-0.25, -0.2) is 0 Å². The largest absolute Gasteiger partial charge is 0.550 e. The zero-order valence-electron chi connectivity index (χ0n) is 10.9. The summed E-state index contributed by atoms with van der Waals surface area (Å²) in [6, 6.07) is 4.60. The molecule has 0 aromatic heterocycles. The van der Waals surface area contributed by atoms with E-state index >= 15 is 0 Å². The number of carboxylic acid groups (broad SMARTS) is 2. The Bertz CT molecular complexity index is 512. The molecular formula is C13H14N2O5-2. The molecule has 7 nitrogen and oxygen atoms in total. The summed E-state index contributed by atoms with van der Waals surface area (Å²) in [6.45, 7) is 0. The van der Waals surface area contributed by atoms with Crippen LogP contribution in [0.3, 0.4) is 0 Å². The van der Waals surface area contributed by atoms with Gasteiger partial charge in [0.2, 0.25) is 0 Å². The van der Waals surface area contributed by atoms with Crippen molar-refractivity contribution in [2.45, 2.75) is 18.9 Å². The molecule has 1 aromatic rings. The van der Waals surface area contributed by atoms with Crippen LogP contribution in [0.25, 0.3) is 0 Å². The lowest BCUT2D eigenvalue weighted by molar-refractivity contribution is -0.312. The average molecular weight is 278 g/mol. The molecule has 1 atom stereocenters. The fourth-order valence-electron chi connectivity index (χ4n) is 1.70. The number of benzene rings is 1. The Morgan fingerprint density at radius 2 is 1.75 bits per heavy atom. The normalized spacial score (nSPS) is 11.7. The van der Waals surface area contributed by atoms with Gasteiger partial charge in [0.25, 0.3) is 5.91 Å². The van der Waals surface area contributed by atoms with Crippen LogP contribution in [0.2, 0.25) is 0 Å². The molecule has 1 unspecified atom stereocenters. The van der Waals surface area contributed by atoms with Gasteiger partial charge >= 0.3 is 0 Å². The van der Waals surface area contributed by atoms with Crippen molar-refractivity contribution in [3.05, 3.63) is 29.8 Å². The molecule has 2 N–H and O–H groups in total. The van der Waals surface area contributed by atoms with Gasteiger partial charge in [-0.1, -0.05) is 0 Å². The molecule has 108 valence electrons. The van der Waals surface area contributed by atoms with Crippen LogP contribution in [0.4, 0.5) is 5.69 Å². The molecule has 1 amide bonds. The lowest BCUT2D eigenvalue weighted by Gasteiger charge is -2.29. The van der Waals surface area contributed by atoms with Crippen LogP contribution in [0.5, 0.6) is 0 Å². The van der Waals surface area contributed by atoms with Gasteiger partial charge in [-0.15, -0.1) is 0 Å². The van der Waals surface area contributed by atoms with E-state index in [0.717, 1.165) is 4.90 Å². The Morgan fingerprint density at radius 3 is 2.20 bits per heavy atom. The number of hydrogen-bond donors (Lipinski definition) is 1. The van der Waals surface area contributed by atoms with E-state index in [-0.39, 0.29) is 12.0 Å². The zero-order valence-corrected chi connectivity index (χ0v) is 10.9.